The van der Waals surface area contributed by atoms with Gasteiger partial charge in [0.15, 0.2) is 11.5 Å². The van der Waals surface area contributed by atoms with Crippen LogP contribution in [0.1, 0.15) is 16.1 Å². The Morgan fingerprint density at radius 1 is 1.04 bits per heavy atom. The van der Waals surface area contributed by atoms with Crippen molar-refractivity contribution in [2.24, 2.45) is 0 Å². The van der Waals surface area contributed by atoms with Crippen LogP contribution in [0.5, 0.6) is 0 Å². The summed E-state index contributed by atoms with van der Waals surface area (Å²) in [6.07, 6.45) is 6.43. The first-order chi connectivity index (χ1) is 12.2. The molecule has 0 radical (unpaired) electrons. The molecule has 3 heterocycles. The molecule has 1 N–H and O–H groups in total. The van der Waals surface area contributed by atoms with E-state index in [0.29, 0.717) is 22.7 Å². The first kappa shape index (κ1) is 14.9. The molecule has 0 aliphatic carbocycles. The van der Waals surface area contributed by atoms with Crippen molar-refractivity contribution in [2.75, 3.05) is 5.32 Å². The fourth-order valence-corrected chi connectivity index (χ4v) is 2.45. The molecule has 0 aliphatic heterocycles. The SMILES string of the molecule is Cc1ccn2ncc(C(=O)Nc3cnc(-c4ccccc4)nc3)c2n1. The highest BCUT2D eigenvalue weighted by Crippen LogP contribution is 2.16. The minimum Gasteiger partial charge on any atom is -0.319 e. The van der Waals surface area contributed by atoms with Crippen LogP contribution >= 0.6 is 0 Å². The van der Waals surface area contributed by atoms with Gasteiger partial charge in [-0.05, 0) is 13.0 Å². The molecule has 0 atom stereocenters. The highest BCUT2D eigenvalue weighted by atomic mass is 16.1. The predicted octanol–water partition coefficient (Wildman–Crippen LogP) is 2.75. The standard InChI is InChI=1S/C18H14N6O/c1-12-7-8-24-17(22-12)15(11-21-24)18(25)23-14-9-19-16(20-10-14)13-5-3-2-4-6-13/h2-11H,1H3,(H,23,25). The van der Waals surface area contributed by atoms with Crippen LogP contribution in [0, 0.1) is 6.92 Å². The Morgan fingerprint density at radius 3 is 2.56 bits per heavy atom. The van der Waals surface area contributed by atoms with Gasteiger partial charge < -0.3 is 5.32 Å². The molecule has 1 aromatic carbocycles. The molecule has 4 rings (SSSR count). The molecule has 1 amide bonds. The third-order valence-electron chi connectivity index (χ3n) is 3.69. The summed E-state index contributed by atoms with van der Waals surface area (Å²) in [5.41, 5.74) is 3.16. The Bertz CT molecular complexity index is 1040. The number of carbonyl (C=O) groups excluding carboxylic acids is 1. The highest BCUT2D eigenvalue weighted by Gasteiger charge is 2.14. The molecule has 3 aromatic heterocycles. The molecule has 0 saturated heterocycles. The van der Waals surface area contributed by atoms with E-state index >= 15 is 0 Å². The van der Waals surface area contributed by atoms with E-state index in [1.165, 1.54) is 6.20 Å². The van der Waals surface area contributed by atoms with E-state index < -0.39 is 0 Å². The molecule has 0 fully saturated rings. The third-order valence-corrected chi connectivity index (χ3v) is 3.69. The van der Waals surface area contributed by atoms with Crippen LogP contribution in [0.15, 0.2) is 61.2 Å². The van der Waals surface area contributed by atoms with Crippen molar-refractivity contribution < 1.29 is 4.79 Å². The fraction of sp³-hybridized carbons (Fsp3) is 0.0556. The monoisotopic (exact) mass is 330 g/mol. The second-order valence-corrected chi connectivity index (χ2v) is 5.51. The zero-order valence-electron chi connectivity index (χ0n) is 13.4. The number of hydrogen-bond acceptors (Lipinski definition) is 5. The first-order valence-corrected chi connectivity index (χ1v) is 7.70. The zero-order valence-corrected chi connectivity index (χ0v) is 13.4. The Balaban J connectivity index is 1.57. The summed E-state index contributed by atoms with van der Waals surface area (Å²) in [6.45, 7) is 1.87. The minimum atomic E-state index is -0.302. The topological polar surface area (TPSA) is 85.1 Å². The maximum absolute atomic E-state index is 12.5. The maximum atomic E-state index is 12.5. The van der Waals surface area contributed by atoms with E-state index in [2.05, 4.69) is 25.4 Å². The molecule has 0 aliphatic rings. The predicted molar refractivity (Wildman–Crippen MR) is 93.1 cm³/mol. The van der Waals surface area contributed by atoms with Crippen LogP contribution in [0.25, 0.3) is 17.0 Å². The molecule has 7 heteroatoms. The summed E-state index contributed by atoms with van der Waals surface area (Å²) in [5, 5.41) is 6.92. The van der Waals surface area contributed by atoms with E-state index in [9.17, 15) is 4.79 Å². The van der Waals surface area contributed by atoms with Gasteiger partial charge in [-0.15, -0.1) is 0 Å². The Kier molecular flexibility index (Phi) is 3.66. The van der Waals surface area contributed by atoms with Gasteiger partial charge in [0.2, 0.25) is 0 Å². The fourth-order valence-electron chi connectivity index (χ4n) is 2.45. The van der Waals surface area contributed by atoms with Crippen molar-refractivity contribution in [3.63, 3.8) is 0 Å². The lowest BCUT2D eigenvalue weighted by molar-refractivity contribution is 0.102. The van der Waals surface area contributed by atoms with Gasteiger partial charge in [0.1, 0.15) is 5.56 Å². The van der Waals surface area contributed by atoms with Gasteiger partial charge in [-0.2, -0.15) is 5.10 Å². The van der Waals surface area contributed by atoms with Crippen LogP contribution < -0.4 is 5.32 Å². The molecule has 25 heavy (non-hydrogen) atoms. The van der Waals surface area contributed by atoms with Crippen LogP contribution in [0.4, 0.5) is 5.69 Å². The molecular formula is C18H14N6O. The number of aromatic nitrogens is 5. The molecule has 122 valence electrons. The van der Waals surface area contributed by atoms with Gasteiger partial charge in [0.05, 0.1) is 24.3 Å². The summed E-state index contributed by atoms with van der Waals surface area (Å²) < 4.78 is 1.57. The quantitative estimate of drug-likeness (QED) is 0.624. The van der Waals surface area contributed by atoms with Crippen molar-refractivity contribution >= 4 is 17.2 Å². The van der Waals surface area contributed by atoms with Crippen molar-refractivity contribution in [2.45, 2.75) is 6.92 Å². The lowest BCUT2D eigenvalue weighted by Crippen LogP contribution is -2.12. The number of aryl methyl sites for hydroxylation is 1. The second kappa shape index (κ2) is 6.12. The lowest BCUT2D eigenvalue weighted by atomic mass is 10.2. The van der Waals surface area contributed by atoms with Gasteiger partial charge in [-0.1, -0.05) is 30.3 Å². The van der Waals surface area contributed by atoms with Gasteiger partial charge in [0.25, 0.3) is 5.91 Å². The average molecular weight is 330 g/mol. The lowest BCUT2D eigenvalue weighted by Gasteiger charge is -2.05. The number of anilines is 1. The first-order valence-electron chi connectivity index (χ1n) is 7.70. The number of carbonyl (C=O) groups is 1. The summed E-state index contributed by atoms with van der Waals surface area (Å²) in [7, 11) is 0. The minimum absolute atomic E-state index is 0.302. The number of nitrogens with zero attached hydrogens (tertiary/aromatic N) is 5. The van der Waals surface area contributed by atoms with E-state index in [0.717, 1.165) is 11.3 Å². The van der Waals surface area contributed by atoms with Gasteiger partial charge in [-0.3, -0.25) is 4.79 Å². The molecular weight excluding hydrogens is 316 g/mol. The zero-order chi connectivity index (χ0) is 17.2. The average Bonchev–Trinajstić information content (AvgIpc) is 3.06. The van der Waals surface area contributed by atoms with E-state index in [1.807, 2.05) is 43.3 Å². The Labute approximate surface area is 143 Å². The number of fused-ring (bicyclic) bond motifs is 1. The van der Waals surface area contributed by atoms with Crippen molar-refractivity contribution in [1.29, 1.82) is 0 Å². The van der Waals surface area contributed by atoms with Crippen LogP contribution in [0.3, 0.4) is 0 Å². The number of nitrogens with one attached hydrogen (secondary N) is 1. The van der Waals surface area contributed by atoms with Crippen molar-refractivity contribution in [1.82, 2.24) is 24.6 Å². The van der Waals surface area contributed by atoms with Crippen LogP contribution in [-0.4, -0.2) is 30.5 Å². The highest BCUT2D eigenvalue weighted by molar-refractivity contribution is 6.08. The molecule has 0 saturated carbocycles. The van der Waals surface area contributed by atoms with E-state index in [1.54, 1.807) is 23.1 Å². The summed E-state index contributed by atoms with van der Waals surface area (Å²) in [6, 6.07) is 11.5. The van der Waals surface area contributed by atoms with Gasteiger partial charge in [-0.25, -0.2) is 19.5 Å². The van der Waals surface area contributed by atoms with Gasteiger partial charge >= 0.3 is 0 Å². The van der Waals surface area contributed by atoms with Crippen LogP contribution in [0.2, 0.25) is 0 Å². The van der Waals surface area contributed by atoms with Gasteiger partial charge in [0, 0.05) is 17.5 Å². The number of hydrogen-bond donors (Lipinski definition) is 1. The number of amides is 1. The molecule has 4 aromatic rings. The summed E-state index contributed by atoms with van der Waals surface area (Å²) >= 11 is 0. The van der Waals surface area contributed by atoms with Crippen molar-refractivity contribution in [3.05, 3.63) is 72.4 Å². The Hall–Kier alpha value is -3.61. The summed E-state index contributed by atoms with van der Waals surface area (Å²) in [4.78, 5) is 25.5. The number of benzene rings is 1. The van der Waals surface area contributed by atoms with E-state index in [4.69, 9.17) is 0 Å². The number of rotatable bonds is 3. The largest absolute Gasteiger partial charge is 0.319 e. The third kappa shape index (κ3) is 2.94. The Morgan fingerprint density at radius 2 is 1.80 bits per heavy atom. The van der Waals surface area contributed by atoms with Crippen LogP contribution in [-0.2, 0) is 0 Å². The molecule has 0 bridgehead atoms. The maximum Gasteiger partial charge on any atom is 0.261 e. The van der Waals surface area contributed by atoms with E-state index in [-0.39, 0.29) is 5.91 Å². The second-order valence-electron chi connectivity index (χ2n) is 5.51. The van der Waals surface area contributed by atoms with Crippen molar-refractivity contribution in [3.8, 4) is 11.4 Å². The molecule has 0 spiro atoms. The molecule has 0 unspecified atom stereocenters. The summed E-state index contributed by atoms with van der Waals surface area (Å²) in [5.74, 6) is 0.302. The smallest absolute Gasteiger partial charge is 0.261 e. The normalized spacial score (nSPS) is 10.8. The molecule has 7 nitrogen and oxygen atoms in total.